The molecular formula is C15H12F9NO3. The van der Waals surface area contributed by atoms with E-state index < -0.39 is 79.2 Å². The van der Waals surface area contributed by atoms with Crippen molar-refractivity contribution in [3.8, 4) is 0 Å². The van der Waals surface area contributed by atoms with Gasteiger partial charge in [0.2, 0.25) is 11.8 Å². The van der Waals surface area contributed by atoms with Gasteiger partial charge in [0.15, 0.2) is 0 Å². The average molecular weight is 425 g/mol. The van der Waals surface area contributed by atoms with E-state index in [9.17, 15) is 49.1 Å². The van der Waals surface area contributed by atoms with E-state index in [2.05, 4.69) is 0 Å². The maximum atomic E-state index is 13.5. The second-order valence-corrected chi connectivity index (χ2v) is 6.78. The number of alkyl halides is 9. The van der Waals surface area contributed by atoms with E-state index in [1.165, 1.54) is 12.2 Å². The van der Waals surface area contributed by atoms with E-state index in [-0.39, 0.29) is 0 Å². The van der Waals surface area contributed by atoms with Crippen LogP contribution in [0.5, 0.6) is 0 Å². The fraction of sp³-hybridized carbons (Fsp3) is 0.733. The van der Waals surface area contributed by atoms with Crippen LogP contribution in [0.15, 0.2) is 12.2 Å². The molecular weight excluding hydrogens is 413 g/mol. The quantitative estimate of drug-likeness (QED) is 0.373. The predicted octanol–water partition coefficient (Wildman–Crippen LogP) is 3.17. The first kappa shape index (κ1) is 20.9. The lowest BCUT2D eigenvalue weighted by Gasteiger charge is -2.33. The highest BCUT2D eigenvalue weighted by Gasteiger charge is 2.81. The number of ether oxygens (including phenoxy) is 1. The first-order valence-electron chi connectivity index (χ1n) is 8.02. The second kappa shape index (κ2) is 6.10. The molecule has 0 aromatic carbocycles. The van der Waals surface area contributed by atoms with Crippen molar-refractivity contribution in [2.45, 2.75) is 49.0 Å². The van der Waals surface area contributed by atoms with Crippen LogP contribution in [0, 0.1) is 11.8 Å². The Labute approximate surface area is 151 Å². The maximum absolute atomic E-state index is 13.5. The molecule has 0 spiro atoms. The van der Waals surface area contributed by atoms with Gasteiger partial charge in [-0.05, 0) is 6.42 Å². The van der Waals surface area contributed by atoms with Gasteiger partial charge in [-0.15, -0.1) is 0 Å². The zero-order valence-corrected chi connectivity index (χ0v) is 13.7. The number of carbonyl (C=O) groups is 2. The summed E-state index contributed by atoms with van der Waals surface area (Å²) in [5.41, 5.74) is 0. The summed E-state index contributed by atoms with van der Waals surface area (Å²) in [6.45, 7) is -0.812. The van der Waals surface area contributed by atoms with Gasteiger partial charge in [-0.2, -0.15) is 39.5 Å². The van der Waals surface area contributed by atoms with Crippen LogP contribution in [0.1, 0.15) is 12.8 Å². The Kier molecular flexibility index (Phi) is 4.56. The smallest absolute Gasteiger partial charge is 0.365 e. The minimum atomic E-state index is -6.96. The molecule has 0 aromatic heterocycles. The van der Waals surface area contributed by atoms with Gasteiger partial charge in [-0.1, -0.05) is 12.2 Å². The molecule has 4 unspecified atom stereocenters. The molecule has 0 aromatic rings. The normalized spacial score (nSPS) is 30.5. The van der Waals surface area contributed by atoms with Crippen LogP contribution in [0.25, 0.3) is 0 Å². The number of nitrogens with zero attached hydrogens (tertiary/aromatic N) is 1. The van der Waals surface area contributed by atoms with E-state index in [4.69, 9.17) is 4.74 Å². The minimum Gasteiger partial charge on any atom is -0.365 e. The molecule has 158 valence electrons. The summed E-state index contributed by atoms with van der Waals surface area (Å²) in [5.74, 6) is -22.7. The third-order valence-electron chi connectivity index (χ3n) is 5.08. The Morgan fingerprint density at radius 2 is 1.29 bits per heavy atom. The molecule has 3 aliphatic rings. The lowest BCUT2D eigenvalue weighted by Crippen LogP contribution is -2.60. The van der Waals surface area contributed by atoms with Crippen molar-refractivity contribution < 1.29 is 53.8 Å². The number of imide groups is 1. The standard InChI is InChI=1S/C15H12F9NO3/c16-12(17,13(18,19)14(20,21)15(22,23)24)4-1-5-25-10(26)8-6-2-3-7(28-6)9(8)11(25)27/h2-3,6-9H,1,4-5H2. The third-order valence-corrected chi connectivity index (χ3v) is 5.08. The molecule has 2 amide bonds. The lowest BCUT2D eigenvalue weighted by molar-refractivity contribution is -0.396. The van der Waals surface area contributed by atoms with Crippen LogP contribution in [-0.2, 0) is 14.3 Å². The molecule has 4 atom stereocenters. The van der Waals surface area contributed by atoms with Gasteiger partial charge in [-0.3, -0.25) is 14.5 Å². The molecule has 0 N–H and O–H groups in total. The summed E-state index contributed by atoms with van der Waals surface area (Å²) in [6, 6.07) is 0. The fourth-order valence-corrected chi connectivity index (χ4v) is 3.61. The molecule has 4 nitrogen and oxygen atoms in total. The number of hydrogen-bond donors (Lipinski definition) is 0. The van der Waals surface area contributed by atoms with Crippen molar-refractivity contribution >= 4 is 11.8 Å². The molecule has 0 saturated carbocycles. The van der Waals surface area contributed by atoms with Crippen LogP contribution >= 0.6 is 0 Å². The van der Waals surface area contributed by atoms with Crippen molar-refractivity contribution in [1.29, 1.82) is 0 Å². The highest BCUT2D eigenvalue weighted by Crippen LogP contribution is 2.54. The van der Waals surface area contributed by atoms with Gasteiger partial charge in [-0.25, -0.2) is 0 Å². The maximum Gasteiger partial charge on any atom is 0.460 e. The summed E-state index contributed by atoms with van der Waals surface area (Å²) in [7, 11) is 0. The van der Waals surface area contributed by atoms with Crippen molar-refractivity contribution in [2.75, 3.05) is 6.54 Å². The first-order chi connectivity index (χ1) is 12.6. The van der Waals surface area contributed by atoms with Crippen LogP contribution < -0.4 is 0 Å². The number of hydrogen-bond acceptors (Lipinski definition) is 3. The highest BCUT2D eigenvalue weighted by atomic mass is 19.4. The van der Waals surface area contributed by atoms with Crippen molar-refractivity contribution in [1.82, 2.24) is 4.90 Å². The van der Waals surface area contributed by atoms with E-state index in [1.54, 1.807) is 0 Å². The summed E-state index contributed by atoms with van der Waals surface area (Å²) in [4.78, 5) is 25.0. The highest BCUT2D eigenvalue weighted by molar-refractivity contribution is 6.06. The zero-order chi connectivity index (χ0) is 21.3. The number of halogens is 9. The number of rotatable bonds is 6. The Morgan fingerprint density at radius 1 is 0.821 bits per heavy atom. The van der Waals surface area contributed by atoms with Crippen LogP contribution in [0.2, 0.25) is 0 Å². The van der Waals surface area contributed by atoms with Crippen LogP contribution in [0.3, 0.4) is 0 Å². The molecule has 2 fully saturated rings. The summed E-state index contributed by atoms with van der Waals surface area (Å²) in [5, 5.41) is 0. The van der Waals surface area contributed by atoms with Crippen LogP contribution in [-0.4, -0.2) is 59.4 Å². The SMILES string of the molecule is O=C1C2C3C=CC(O3)C2C(=O)N1CCCC(F)(F)C(F)(F)C(F)(F)C(F)(F)F. The number of amides is 2. The minimum absolute atomic E-state index is 0.529. The van der Waals surface area contributed by atoms with Crippen LogP contribution in [0.4, 0.5) is 39.5 Å². The van der Waals surface area contributed by atoms with E-state index in [1.807, 2.05) is 0 Å². The molecule has 2 saturated heterocycles. The van der Waals surface area contributed by atoms with E-state index >= 15 is 0 Å². The molecule has 28 heavy (non-hydrogen) atoms. The van der Waals surface area contributed by atoms with Gasteiger partial charge >= 0.3 is 23.9 Å². The van der Waals surface area contributed by atoms with Gasteiger partial charge in [0.05, 0.1) is 24.0 Å². The number of likely N-dealkylation sites (tertiary alicyclic amines) is 1. The zero-order valence-electron chi connectivity index (χ0n) is 13.7. The molecule has 3 heterocycles. The number of fused-ring (bicyclic) bond motifs is 5. The molecule has 3 aliphatic heterocycles. The summed E-state index contributed by atoms with van der Waals surface area (Å²) < 4.78 is 121. The van der Waals surface area contributed by atoms with Crippen molar-refractivity contribution in [3.05, 3.63) is 12.2 Å². The molecule has 0 radical (unpaired) electrons. The largest absolute Gasteiger partial charge is 0.460 e. The first-order valence-corrected chi connectivity index (χ1v) is 8.02. The van der Waals surface area contributed by atoms with Crippen molar-refractivity contribution in [3.63, 3.8) is 0 Å². The topological polar surface area (TPSA) is 46.6 Å². The Bertz CT molecular complexity index is 688. The Balaban J connectivity index is 1.65. The fourth-order valence-electron chi connectivity index (χ4n) is 3.61. The van der Waals surface area contributed by atoms with Gasteiger partial charge < -0.3 is 4.74 Å². The molecule has 13 heteroatoms. The third kappa shape index (κ3) is 2.72. The molecule has 3 rings (SSSR count). The summed E-state index contributed by atoms with van der Waals surface area (Å²) >= 11 is 0. The van der Waals surface area contributed by atoms with E-state index in [0.29, 0.717) is 4.90 Å². The van der Waals surface area contributed by atoms with Gasteiger partial charge in [0.1, 0.15) is 0 Å². The van der Waals surface area contributed by atoms with Gasteiger partial charge in [0.25, 0.3) is 0 Å². The monoisotopic (exact) mass is 425 g/mol. The lowest BCUT2D eigenvalue weighted by atomic mass is 9.85. The second-order valence-electron chi connectivity index (χ2n) is 6.78. The average Bonchev–Trinajstić information content (AvgIpc) is 3.22. The summed E-state index contributed by atoms with van der Waals surface area (Å²) in [6.07, 6.45) is -8.36. The van der Waals surface area contributed by atoms with Crippen molar-refractivity contribution in [2.24, 2.45) is 11.8 Å². The number of carbonyl (C=O) groups excluding carboxylic acids is 2. The molecule has 0 aliphatic carbocycles. The van der Waals surface area contributed by atoms with E-state index in [0.717, 1.165) is 0 Å². The van der Waals surface area contributed by atoms with Gasteiger partial charge in [0, 0.05) is 13.0 Å². The Hall–Kier alpha value is -1.79. The molecule has 2 bridgehead atoms. The Morgan fingerprint density at radius 3 is 1.71 bits per heavy atom. The predicted molar refractivity (Wildman–Crippen MR) is 71.6 cm³/mol.